The average Bonchev–Trinajstić information content (AvgIpc) is 3.27. The first-order valence-corrected chi connectivity index (χ1v) is 8.74. The van der Waals surface area contributed by atoms with E-state index in [1.165, 1.54) is 0 Å². The van der Waals surface area contributed by atoms with Crippen LogP contribution in [0, 0.1) is 0 Å². The molecule has 2 aromatic rings. The Labute approximate surface area is 145 Å². The van der Waals surface area contributed by atoms with E-state index < -0.39 is 0 Å². The molecule has 1 fully saturated rings. The Balaban J connectivity index is 1.54. The Morgan fingerprint density at radius 1 is 1.38 bits per heavy atom. The first-order chi connectivity index (χ1) is 11.7. The van der Waals surface area contributed by atoms with Crippen LogP contribution >= 0.6 is 11.3 Å². The number of nitrogens with one attached hydrogen (secondary N) is 1. The normalized spacial score (nSPS) is 15.7. The Kier molecular flexibility index (Phi) is 5.14. The summed E-state index contributed by atoms with van der Waals surface area (Å²) in [5.74, 6) is 1.59. The number of rotatable bonds is 3. The zero-order chi connectivity index (χ0) is 16.9. The molecule has 0 saturated carbocycles. The molecule has 0 radical (unpaired) electrons. The van der Waals surface area contributed by atoms with Crippen LogP contribution in [0.2, 0.25) is 0 Å². The van der Waals surface area contributed by atoms with E-state index in [1.54, 1.807) is 31.6 Å². The number of aliphatic imine (C=N–C) groups is 1. The molecule has 1 amide bonds. The number of guanidine groups is 1. The fourth-order valence-electron chi connectivity index (χ4n) is 2.64. The summed E-state index contributed by atoms with van der Waals surface area (Å²) in [6, 6.07) is 3.96. The highest BCUT2D eigenvalue weighted by atomic mass is 32.1. The van der Waals surface area contributed by atoms with E-state index in [0.29, 0.717) is 12.4 Å². The Morgan fingerprint density at radius 2 is 2.12 bits per heavy atom. The van der Waals surface area contributed by atoms with E-state index in [2.05, 4.69) is 20.2 Å². The van der Waals surface area contributed by atoms with E-state index in [4.69, 9.17) is 4.42 Å². The number of carbonyl (C=O) groups excluding carboxylic acids is 1. The van der Waals surface area contributed by atoms with Gasteiger partial charge < -0.3 is 19.5 Å². The van der Waals surface area contributed by atoms with Crippen molar-refractivity contribution in [3.63, 3.8) is 0 Å². The van der Waals surface area contributed by atoms with Gasteiger partial charge >= 0.3 is 0 Å². The fraction of sp³-hybridized carbons (Fsp3) is 0.438. The Bertz CT molecular complexity index is 702. The summed E-state index contributed by atoms with van der Waals surface area (Å²) >= 11 is 1.60. The monoisotopic (exact) mass is 347 g/mol. The predicted molar refractivity (Wildman–Crippen MR) is 93.8 cm³/mol. The second-order valence-electron chi connectivity index (χ2n) is 5.52. The highest BCUT2D eigenvalue weighted by Gasteiger charge is 2.21. The number of aromatic nitrogens is 1. The molecule has 0 bridgehead atoms. The molecule has 1 aliphatic rings. The van der Waals surface area contributed by atoms with E-state index in [1.807, 2.05) is 22.4 Å². The second kappa shape index (κ2) is 7.48. The summed E-state index contributed by atoms with van der Waals surface area (Å²) in [6.07, 6.45) is 1.67. The molecule has 0 aromatic carbocycles. The van der Waals surface area contributed by atoms with Crippen molar-refractivity contribution in [2.75, 3.05) is 33.2 Å². The molecular formula is C16H21N5O2S. The molecule has 2 aromatic heterocycles. The molecule has 1 N–H and O–H groups in total. The van der Waals surface area contributed by atoms with E-state index in [9.17, 15) is 4.79 Å². The van der Waals surface area contributed by atoms with Gasteiger partial charge in [0.05, 0.1) is 17.1 Å². The van der Waals surface area contributed by atoms with Gasteiger partial charge in [0.1, 0.15) is 6.26 Å². The third-order valence-electron chi connectivity index (χ3n) is 3.95. The SMILES string of the molecule is CN=C(NCc1coc(-c2cccs2)n1)N1CCN(C(C)=O)CC1. The third kappa shape index (κ3) is 3.76. The zero-order valence-corrected chi connectivity index (χ0v) is 14.7. The number of carbonyl (C=O) groups is 1. The summed E-state index contributed by atoms with van der Waals surface area (Å²) < 4.78 is 5.52. The van der Waals surface area contributed by atoms with E-state index in [-0.39, 0.29) is 5.91 Å². The standard InChI is InChI=1S/C16H21N5O2S/c1-12(22)20-5-7-21(8-6-20)16(17-2)18-10-13-11-23-15(19-13)14-4-3-9-24-14/h3-4,9,11H,5-8,10H2,1-2H3,(H,17,18). The number of hydrogen-bond acceptors (Lipinski definition) is 5. The summed E-state index contributed by atoms with van der Waals surface area (Å²) in [5, 5.41) is 5.31. The minimum absolute atomic E-state index is 0.126. The van der Waals surface area contributed by atoms with Crippen molar-refractivity contribution in [2.45, 2.75) is 13.5 Å². The summed E-state index contributed by atoms with van der Waals surface area (Å²) in [6.45, 7) is 5.16. The maximum Gasteiger partial charge on any atom is 0.236 e. The third-order valence-corrected chi connectivity index (χ3v) is 4.81. The van der Waals surface area contributed by atoms with Gasteiger partial charge in [-0.3, -0.25) is 9.79 Å². The lowest BCUT2D eigenvalue weighted by atomic mass is 10.3. The summed E-state index contributed by atoms with van der Waals surface area (Å²) in [4.78, 5) is 25.2. The maximum absolute atomic E-state index is 11.4. The first-order valence-electron chi connectivity index (χ1n) is 7.87. The molecule has 8 heteroatoms. The van der Waals surface area contributed by atoms with Crippen molar-refractivity contribution in [2.24, 2.45) is 4.99 Å². The molecule has 24 heavy (non-hydrogen) atoms. The predicted octanol–water partition coefficient (Wildman–Crippen LogP) is 1.64. The Morgan fingerprint density at radius 3 is 2.75 bits per heavy atom. The fourth-order valence-corrected chi connectivity index (χ4v) is 3.29. The number of piperazine rings is 1. The molecule has 0 atom stereocenters. The van der Waals surface area contributed by atoms with Crippen molar-refractivity contribution < 1.29 is 9.21 Å². The lowest BCUT2D eigenvalue weighted by Gasteiger charge is -2.36. The van der Waals surface area contributed by atoms with Crippen molar-refractivity contribution in [1.29, 1.82) is 0 Å². The van der Waals surface area contributed by atoms with Gasteiger partial charge in [-0.15, -0.1) is 11.3 Å². The van der Waals surface area contributed by atoms with E-state index >= 15 is 0 Å². The van der Waals surface area contributed by atoms with Crippen LogP contribution in [0.5, 0.6) is 0 Å². The van der Waals surface area contributed by atoms with Gasteiger partial charge in [-0.2, -0.15) is 0 Å². The van der Waals surface area contributed by atoms with Crippen LogP contribution in [0.1, 0.15) is 12.6 Å². The number of hydrogen-bond donors (Lipinski definition) is 1. The van der Waals surface area contributed by atoms with Crippen LogP contribution in [-0.2, 0) is 11.3 Å². The molecule has 128 valence electrons. The molecule has 0 aliphatic carbocycles. The lowest BCUT2D eigenvalue weighted by Crippen LogP contribution is -2.53. The maximum atomic E-state index is 11.4. The van der Waals surface area contributed by atoms with Crippen molar-refractivity contribution in [3.05, 3.63) is 29.5 Å². The Hall–Kier alpha value is -2.35. The molecule has 3 heterocycles. The van der Waals surface area contributed by atoms with Crippen LogP contribution in [0.25, 0.3) is 10.8 Å². The van der Waals surface area contributed by atoms with Crippen molar-refractivity contribution in [3.8, 4) is 10.8 Å². The molecule has 0 spiro atoms. The number of oxazole rings is 1. The van der Waals surface area contributed by atoms with Gasteiger partial charge in [0.25, 0.3) is 0 Å². The van der Waals surface area contributed by atoms with Crippen molar-refractivity contribution in [1.82, 2.24) is 20.1 Å². The van der Waals surface area contributed by atoms with Gasteiger partial charge in [0.2, 0.25) is 11.8 Å². The minimum atomic E-state index is 0.126. The minimum Gasteiger partial charge on any atom is -0.443 e. The quantitative estimate of drug-likeness (QED) is 0.675. The van der Waals surface area contributed by atoms with E-state index in [0.717, 1.165) is 42.7 Å². The average molecular weight is 347 g/mol. The number of thiophene rings is 1. The van der Waals surface area contributed by atoms with Crippen LogP contribution in [0.15, 0.2) is 33.2 Å². The van der Waals surface area contributed by atoms with Gasteiger partial charge in [0.15, 0.2) is 5.96 Å². The smallest absolute Gasteiger partial charge is 0.236 e. The van der Waals surface area contributed by atoms with Crippen LogP contribution in [0.4, 0.5) is 0 Å². The number of nitrogens with zero attached hydrogens (tertiary/aromatic N) is 4. The second-order valence-corrected chi connectivity index (χ2v) is 6.46. The highest BCUT2D eigenvalue weighted by molar-refractivity contribution is 7.13. The van der Waals surface area contributed by atoms with Gasteiger partial charge in [-0.25, -0.2) is 4.98 Å². The first kappa shape index (κ1) is 16.5. The molecular weight excluding hydrogens is 326 g/mol. The van der Waals surface area contributed by atoms with Crippen LogP contribution in [-0.4, -0.2) is 59.9 Å². The van der Waals surface area contributed by atoms with Gasteiger partial charge in [-0.1, -0.05) is 6.07 Å². The molecule has 1 saturated heterocycles. The molecule has 3 rings (SSSR count). The molecule has 0 unspecified atom stereocenters. The summed E-state index contributed by atoms with van der Waals surface area (Å²) in [7, 11) is 1.76. The zero-order valence-electron chi connectivity index (χ0n) is 13.9. The molecule has 1 aliphatic heterocycles. The highest BCUT2D eigenvalue weighted by Crippen LogP contribution is 2.23. The van der Waals surface area contributed by atoms with Crippen molar-refractivity contribution >= 4 is 23.2 Å². The topological polar surface area (TPSA) is 74.0 Å². The number of amides is 1. The lowest BCUT2D eigenvalue weighted by molar-refractivity contribution is -0.130. The van der Waals surface area contributed by atoms with Gasteiger partial charge in [-0.05, 0) is 11.4 Å². The van der Waals surface area contributed by atoms with Gasteiger partial charge in [0, 0.05) is 40.2 Å². The largest absolute Gasteiger partial charge is 0.443 e. The summed E-state index contributed by atoms with van der Waals surface area (Å²) in [5.41, 5.74) is 0.835. The molecule has 7 nitrogen and oxygen atoms in total. The van der Waals surface area contributed by atoms with Crippen LogP contribution < -0.4 is 5.32 Å². The van der Waals surface area contributed by atoms with Crippen LogP contribution in [0.3, 0.4) is 0 Å².